The van der Waals surface area contributed by atoms with Gasteiger partial charge in [-0.05, 0) is 110 Å². The quantitative estimate of drug-likeness (QED) is 0.178. The Morgan fingerprint density at radius 3 is 1.92 bits per heavy atom. The molecule has 3 aromatic heterocycles. The van der Waals surface area contributed by atoms with Crippen LogP contribution in [0.3, 0.4) is 0 Å². The van der Waals surface area contributed by atoms with Crippen molar-refractivity contribution in [1.29, 1.82) is 0 Å². The van der Waals surface area contributed by atoms with Crippen molar-refractivity contribution >= 4 is 23.9 Å². The van der Waals surface area contributed by atoms with E-state index >= 15 is 0 Å². The van der Waals surface area contributed by atoms with E-state index in [-0.39, 0.29) is 5.41 Å². The van der Waals surface area contributed by atoms with Gasteiger partial charge in [-0.3, -0.25) is 9.97 Å². The van der Waals surface area contributed by atoms with Crippen LogP contribution >= 0.6 is 11.8 Å². The van der Waals surface area contributed by atoms with Gasteiger partial charge in [-0.15, -0.1) is 0 Å². The molecule has 11 rings (SSSR count). The highest BCUT2D eigenvalue weighted by molar-refractivity contribution is 7.99. The van der Waals surface area contributed by atoms with Gasteiger partial charge in [0.15, 0.2) is 5.82 Å². The van der Waals surface area contributed by atoms with Crippen molar-refractivity contribution < 1.29 is 0 Å². The summed E-state index contributed by atoms with van der Waals surface area (Å²) >= 11 is 1.86. The summed E-state index contributed by atoms with van der Waals surface area (Å²) in [6.07, 6.45) is 10.0. The molecule has 0 saturated heterocycles. The second kappa shape index (κ2) is 14.6. The number of nitrogens with zero attached hydrogens (tertiary/aromatic N) is 4. The SMILES string of the molecule is CC1(C)c2ccccc2-c2cc3c(cc21)Sc1ccccc1-c1ccccc1/C=C\c1ccc(-c2cc(-c4ccccc4)nc(-c4ccc(-c5cccnc5)nc4)n2)cc1-3. The molecule has 1 aliphatic carbocycles. The molecule has 2 aliphatic rings. The first-order chi connectivity index (χ1) is 29.5. The molecule has 0 unspecified atom stereocenters. The van der Waals surface area contributed by atoms with Crippen LogP contribution in [-0.4, -0.2) is 19.9 Å². The van der Waals surface area contributed by atoms with Crippen LogP contribution in [0.4, 0.5) is 0 Å². The lowest BCUT2D eigenvalue weighted by Crippen LogP contribution is -2.15. The molecule has 4 nitrogen and oxygen atoms in total. The average Bonchev–Trinajstić information content (AvgIpc) is 3.52. The Morgan fingerprint density at radius 2 is 1.12 bits per heavy atom. The first-order valence-corrected chi connectivity index (χ1v) is 21.1. The molecular weight excluding hydrogens is 749 g/mol. The summed E-state index contributed by atoms with van der Waals surface area (Å²) in [7, 11) is 0. The monoisotopic (exact) mass is 786 g/mol. The van der Waals surface area contributed by atoms with Crippen LogP contribution in [0, 0.1) is 0 Å². The van der Waals surface area contributed by atoms with E-state index in [2.05, 4.69) is 164 Å². The van der Waals surface area contributed by atoms with Crippen molar-refractivity contribution in [3.05, 3.63) is 205 Å². The fourth-order valence-electron chi connectivity index (χ4n) is 8.77. The topological polar surface area (TPSA) is 51.6 Å². The Bertz CT molecular complexity index is 3130. The predicted octanol–water partition coefficient (Wildman–Crippen LogP) is 14.2. The van der Waals surface area contributed by atoms with Gasteiger partial charge in [-0.1, -0.05) is 147 Å². The number of aromatic nitrogens is 4. The Morgan fingerprint density at radius 1 is 0.417 bits per heavy atom. The smallest absolute Gasteiger partial charge is 0.161 e. The maximum atomic E-state index is 5.28. The number of pyridine rings is 2. The van der Waals surface area contributed by atoms with Crippen LogP contribution < -0.4 is 0 Å². The Kier molecular flexibility index (Phi) is 8.72. The Balaban J connectivity index is 1.13. The predicted molar refractivity (Wildman–Crippen MR) is 247 cm³/mol. The normalized spacial score (nSPS) is 13.7. The molecule has 0 saturated carbocycles. The summed E-state index contributed by atoms with van der Waals surface area (Å²) in [6, 6.07) is 58.6. The maximum Gasteiger partial charge on any atom is 0.161 e. The van der Waals surface area contributed by atoms with E-state index in [0.29, 0.717) is 5.82 Å². The molecule has 6 aromatic carbocycles. The molecule has 0 radical (unpaired) electrons. The standard InChI is InChI=1S/C55H38N4S/c1-55(2)47-20-10-8-18-42(47)45-30-46-44-29-38(25-24-36(44)23-22-35-13-6-7-17-41(35)43-19-9-11-21-52(43)60-53(46)31-48(45)55)51-32-50(37-14-4-3-5-15-37)58-54(59-51)40-26-27-49(57-34-40)39-16-12-28-56-33-39/h3-34H,1-2H3/b23-22-. The van der Waals surface area contributed by atoms with E-state index in [1.54, 1.807) is 6.20 Å². The summed E-state index contributed by atoms with van der Waals surface area (Å²) < 4.78 is 0. The summed E-state index contributed by atoms with van der Waals surface area (Å²) in [5.41, 5.74) is 18.7. The number of hydrogen-bond acceptors (Lipinski definition) is 5. The molecule has 9 aromatic rings. The number of benzene rings is 6. The molecule has 0 spiro atoms. The zero-order valence-electron chi connectivity index (χ0n) is 33.2. The van der Waals surface area contributed by atoms with E-state index < -0.39 is 0 Å². The molecule has 4 heterocycles. The van der Waals surface area contributed by atoms with Crippen LogP contribution in [0.1, 0.15) is 36.1 Å². The van der Waals surface area contributed by atoms with Crippen LogP contribution in [0.5, 0.6) is 0 Å². The highest BCUT2D eigenvalue weighted by Crippen LogP contribution is 2.53. The van der Waals surface area contributed by atoms with Gasteiger partial charge in [0.25, 0.3) is 0 Å². The van der Waals surface area contributed by atoms with Crippen molar-refractivity contribution in [3.63, 3.8) is 0 Å². The van der Waals surface area contributed by atoms with Crippen LogP contribution in [-0.2, 0) is 5.41 Å². The van der Waals surface area contributed by atoms with Crippen molar-refractivity contribution in [2.45, 2.75) is 29.1 Å². The zero-order valence-corrected chi connectivity index (χ0v) is 34.0. The van der Waals surface area contributed by atoms with E-state index in [0.717, 1.165) is 50.5 Å². The van der Waals surface area contributed by atoms with Crippen molar-refractivity contribution in [1.82, 2.24) is 19.9 Å². The van der Waals surface area contributed by atoms with Crippen molar-refractivity contribution in [2.24, 2.45) is 0 Å². The van der Waals surface area contributed by atoms with Gasteiger partial charge in [0.05, 0.1) is 17.1 Å². The highest BCUT2D eigenvalue weighted by Gasteiger charge is 2.36. The Labute approximate surface area is 354 Å². The summed E-state index contributed by atoms with van der Waals surface area (Å²) in [5, 5.41) is 0. The van der Waals surface area contributed by atoms with Gasteiger partial charge in [-0.25, -0.2) is 9.97 Å². The third-order valence-electron chi connectivity index (χ3n) is 11.9. The molecule has 0 bridgehead atoms. The highest BCUT2D eigenvalue weighted by atomic mass is 32.2. The third-order valence-corrected chi connectivity index (χ3v) is 13.0. The molecule has 0 atom stereocenters. The Hall–Kier alpha value is -7.21. The van der Waals surface area contributed by atoms with Gasteiger partial charge in [-0.2, -0.15) is 0 Å². The van der Waals surface area contributed by atoms with Gasteiger partial charge in [0.1, 0.15) is 0 Å². The molecule has 0 fully saturated rings. The molecule has 5 heteroatoms. The molecule has 60 heavy (non-hydrogen) atoms. The lowest BCUT2D eigenvalue weighted by molar-refractivity contribution is 0.659. The molecular formula is C55H38N4S. The lowest BCUT2D eigenvalue weighted by atomic mass is 9.82. The minimum atomic E-state index is -0.138. The minimum Gasteiger partial charge on any atom is -0.264 e. The fourth-order valence-corrected chi connectivity index (χ4v) is 9.90. The van der Waals surface area contributed by atoms with Gasteiger partial charge < -0.3 is 0 Å². The molecule has 0 amide bonds. The van der Waals surface area contributed by atoms with Gasteiger partial charge in [0, 0.05) is 56.1 Å². The van der Waals surface area contributed by atoms with E-state index in [1.165, 1.54) is 54.3 Å². The second-order valence-electron chi connectivity index (χ2n) is 15.9. The summed E-state index contributed by atoms with van der Waals surface area (Å²) in [5.74, 6) is 0.619. The molecule has 284 valence electrons. The van der Waals surface area contributed by atoms with Crippen LogP contribution in [0.15, 0.2) is 192 Å². The minimum absolute atomic E-state index is 0.138. The lowest BCUT2D eigenvalue weighted by Gasteiger charge is -2.23. The largest absolute Gasteiger partial charge is 0.264 e. The first kappa shape index (κ1) is 35.9. The number of fused-ring (bicyclic) bond motifs is 9. The zero-order chi connectivity index (χ0) is 40.2. The summed E-state index contributed by atoms with van der Waals surface area (Å²) in [6.45, 7) is 4.72. The number of rotatable bonds is 4. The van der Waals surface area contributed by atoms with Gasteiger partial charge in [0.2, 0.25) is 0 Å². The third kappa shape index (κ3) is 6.26. The second-order valence-corrected chi connectivity index (χ2v) is 17.0. The van der Waals surface area contributed by atoms with E-state index in [1.807, 2.05) is 54.5 Å². The van der Waals surface area contributed by atoms with E-state index in [9.17, 15) is 0 Å². The van der Waals surface area contributed by atoms with Crippen LogP contribution in [0.2, 0.25) is 0 Å². The van der Waals surface area contributed by atoms with E-state index in [4.69, 9.17) is 15.0 Å². The average molecular weight is 787 g/mol. The molecule has 0 N–H and O–H groups in total. The van der Waals surface area contributed by atoms with Crippen LogP contribution in [0.25, 0.3) is 90.7 Å². The number of hydrogen-bond donors (Lipinski definition) is 0. The fraction of sp³-hybridized carbons (Fsp3) is 0.0545. The van der Waals surface area contributed by atoms with Crippen molar-refractivity contribution in [3.8, 4) is 78.5 Å². The maximum absolute atomic E-state index is 5.28. The van der Waals surface area contributed by atoms with Gasteiger partial charge >= 0.3 is 0 Å². The van der Waals surface area contributed by atoms with Crippen molar-refractivity contribution in [2.75, 3.05) is 0 Å². The molecule has 1 aliphatic heterocycles. The first-order valence-electron chi connectivity index (χ1n) is 20.3. The summed E-state index contributed by atoms with van der Waals surface area (Å²) in [4.78, 5) is 21.9.